The van der Waals surface area contributed by atoms with Gasteiger partial charge in [0.25, 0.3) is 5.56 Å². The second-order valence-electron chi connectivity index (χ2n) is 4.93. The number of aromatic nitrogens is 2. The first-order valence-electron chi connectivity index (χ1n) is 6.59. The van der Waals surface area contributed by atoms with Gasteiger partial charge in [0.2, 0.25) is 0 Å². The average molecular weight is 319 g/mol. The zero-order chi connectivity index (χ0) is 16.4. The number of anilines is 1. The number of nitriles is 1. The standard InChI is InChI=1S/C15H15ClN4O2/c1-9(10-6-4-5-7-12(10)16)18-13-11(8-17)14(21)20(3)15(22)19(13)2/h4-7,9,18H,1-3H3/t9-/m0/s1. The van der Waals surface area contributed by atoms with Crippen molar-refractivity contribution >= 4 is 17.4 Å². The lowest BCUT2D eigenvalue weighted by Gasteiger charge is -2.20. The molecule has 0 unspecified atom stereocenters. The summed E-state index contributed by atoms with van der Waals surface area (Å²) in [5, 5.41) is 12.8. The molecule has 0 fully saturated rings. The summed E-state index contributed by atoms with van der Waals surface area (Å²) in [6.07, 6.45) is 0. The Bertz CT molecular complexity index is 877. The van der Waals surface area contributed by atoms with Gasteiger partial charge < -0.3 is 5.32 Å². The third-order valence-corrected chi connectivity index (χ3v) is 3.85. The van der Waals surface area contributed by atoms with Crippen molar-refractivity contribution in [1.82, 2.24) is 9.13 Å². The third-order valence-electron chi connectivity index (χ3n) is 3.50. The van der Waals surface area contributed by atoms with E-state index in [0.717, 1.165) is 10.1 Å². The zero-order valence-corrected chi connectivity index (χ0v) is 13.2. The van der Waals surface area contributed by atoms with E-state index in [2.05, 4.69) is 5.32 Å². The quantitative estimate of drug-likeness (QED) is 0.935. The number of rotatable bonds is 3. The predicted molar refractivity (Wildman–Crippen MR) is 85.1 cm³/mol. The van der Waals surface area contributed by atoms with Gasteiger partial charge in [-0.25, -0.2) is 4.79 Å². The second-order valence-corrected chi connectivity index (χ2v) is 5.34. The lowest BCUT2D eigenvalue weighted by Crippen LogP contribution is -2.40. The van der Waals surface area contributed by atoms with Crippen LogP contribution in [0.4, 0.5) is 5.82 Å². The van der Waals surface area contributed by atoms with Crippen LogP contribution in [0, 0.1) is 11.3 Å². The normalized spacial score (nSPS) is 11.8. The summed E-state index contributed by atoms with van der Waals surface area (Å²) in [7, 11) is 2.84. The van der Waals surface area contributed by atoms with Crippen molar-refractivity contribution in [1.29, 1.82) is 5.26 Å². The Kier molecular flexibility index (Phi) is 4.38. The van der Waals surface area contributed by atoms with Gasteiger partial charge in [0.05, 0.1) is 6.04 Å². The molecule has 1 aromatic carbocycles. The molecule has 2 aromatic rings. The number of nitrogens with zero attached hydrogens (tertiary/aromatic N) is 3. The fraction of sp³-hybridized carbons (Fsp3) is 0.267. The van der Waals surface area contributed by atoms with Crippen LogP contribution >= 0.6 is 11.6 Å². The van der Waals surface area contributed by atoms with Crippen LogP contribution in [0.5, 0.6) is 0 Å². The Labute approximate surface area is 132 Å². The summed E-state index contributed by atoms with van der Waals surface area (Å²) in [4.78, 5) is 24.1. The largest absolute Gasteiger partial charge is 0.364 e. The van der Waals surface area contributed by atoms with Crippen LogP contribution in [0.3, 0.4) is 0 Å². The monoisotopic (exact) mass is 318 g/mol. The molecule has 1 heterocycles. The maximum atomic E-state index is 12.0. The Morgan fingerprint density at radius 2 is 1.86 bits per heavy atom. The zero-order valence-electron chi connectivity index (χ0n) is 12.4. The summed E-state index contributed by atoms with van der Waals surface area (Å²) in [5.41, 5.74) is -0.429. The van der Waals surface area contributed by atoms with E-state index in [0.29, 0.717) is 5.02 Å². The van der Waals surface area contributed by atoms with Crippen LogP contribution in [-0.4, -0.2) is 9.13 Å². The van der Waals surface area contributed by atoms with Gasteiger partial charge in [-0.15, -0.1) is 0 Å². The van der Waals surface area contributed by atoms with E-state index < -0.39 is 11.2 Å². The molecule has 0 spiro atoms. The van der Waals surface area contributed by atoms with Gasteiger partial charge in [-0.3, -0.25) is 13.9 Å². The maximum Gasteiger partial charge on any atom is 0.332 e. The van der Waals surface area contributed by atoms with Crippen molar-refractivity contribution in [2.75, 3.05) is 5.32 Å². The predicted octanol–water partition coefficient (Wildman–Crippen LogP) is 1.78. The van der Waals surface area contributed by atoms with E-state index in [-0.39, 0.29) is 17.4 Å². The van der Waals surface area contributed by atoms with Gasteiger partial charge in [-0.05, 0) is 18.6 Å². The number of halogens is 1. The molecule has 0 aliphatic rings. The highest BCUT2D eigenvalue weighted by molar-refractivity contribution is 6.31. The van der Waals surface area contributed by atoms with Crippen molar-refractivity contribution in [3.8, 4) is 6.07 Å². The average Bonchev–Trinajstić information content (AvgIpc) is 2.51. The Hall–Kier alpha value is -2.52. The first kappa shape index (κ1) is 15.9. The molecule has 0 saturated carbocycles. The first-order chi connectivity index (χ1) is 10.4. The topological polar surface area (TPSA) is 79.8 Å². The molecule has 0 aliphatic heterocycles. The van der Waals surface area contributed by atoms with Crippen molar-refractivity contribution in [3.05, 3.63) is 61.3 Å². The van der Waals surface area contributed by atoms with Crippen LogP contribution in [-0.2, 0) is 14.1 Å². The van der Waals surface area contributed by atoms with E-state index in [9.17, 15) is 14.9 Å². The third kappa shape index (κ3) is 2.63. The van der Waals surface area contributed by atoms with Gasteiger partial charge in [0.15, 0.2) is 5.56 Å². The van der Waals surface area contributed by atoms with E-state index in [1.807, 2.05) is 31.2 Å². The van der Waals surface area contributed by atoms with Gasteiger partial charge in [-0.2, -0.15) is 5.26 Å². The molecule has 2 rings (SSSR count). The number of nitrogens with one attached hydrogen (secondary N) is 1. The summed E-state index contributed by atoms with van der Waals surface area (Å²) >= 11 is 6.15. The fourth-order valence-electron chi connectivity index (χ4n) is 2.22. The molecule has 0 radical (unpaired) electrons. The lowest BCUT2D eigenvalue weighted by atomic mass is 10.1. The van der Waals surface area contributed by atoms with Crippen LogP contribution in [0.25, 0.3) is 0 Å². The highest BCUT2D eigenvalue weighted by Crippen LogP contribution is 2.25. The molecule has 0 aliphatic carbocycles. The lowest BCUT2D eigenvalue weighted by molar-refractivity contribution is 0.678. The van der Waals surface area contributed by atoms with Crippen molar-refractivity contribution in [2.45, 2.75) is 13.0 Å². The van der Waals surface area contributed by atoms with Crippen LogP contribution in [0.1, 0.15) is 24.1 Å². The highest BCUT2D eigenvalue weighted by atomic mass is 35.5. The Morgan fingerprint density at radius 1 is 1.23 bits per heavy atom. The number of hydrogen-bond acceptors (Lipinski definition) is 4. The minimum absolute atomic E-state index is 0.108. The molecule has 0 amide bonds. The first-order valence-corrected chi connectivity index (χ1v) is 6.97. The van der Waals surface area contributed by atoms with E-state index in [1.165, 1.54) is 18.7 Å². The van der Waals surface area contributed by atoms with Crippen molar-refractivity contribution in [3.63, 3.8) is 0 Å². The Balaban J connectivity index is 2.56. The molecule has 0 saturated heterocycles. The van der Waals surface area contributed by atoms with Crippen molar-refractivity contribution in [2.24, 2.45) is 14.1 Å². The summed E-state index contributed by atoms with van der Waals surface area (Å²) in [6, 6.07) is 8.82. The molecule has 0 bridgehead atoms. The summed E-state index contributed by atoms with van der Waals surface area (Å²) in [5.74, 6) is 0.183. The molecule has 1 atom stereocenters. The molecule has 22 heavy (non-hydrogen) atoms. The SMILES string of the molecule is C[C@H](Nc1c(C#N)c(=O)n(C)c(=O)n1C)c1ccccc1Cl. The summed E-state index contributed by atoms with van der Waals surface area (Å²) < 4.78 is 2.15. The summed E-state index contributed by atoms with van der Waals surface area (Å²) in [6.45, 7) is 1.84. The Morgan fingerprint density at radius 3 is 2.45 bits per heavy atom. The van der Waals surface area contributed by atoms with E-state index in [1.54, 1.807) is 6.07 Å². The van der Waals surface area contributed by atoms with Crippen LogP contribution in [0.15, 0.2) is 33.9 Å². The van der Waals surface area contributed by atoms with Gasteiger partial charge in [0, 0.05) is 19.1 Å². The molecular weight excluding hydrogens is 304 g/mol. The van der Waals surface area contributed by atoms with Gasteiger partial charge >= 0.3 is 5.69 Å². The molecular formula is C15H15ClN4O2. The minimum atomic E-state index is -0.626. The van der Waals surface area contributed by atoms with Gasteiger partial charge in [0.1, 0.15) is 11.9 Å². The second kappa shape index (κ2) is 6.08. The molecule has 114 valence electrons. The maximum absolute atomic E-state index is 12.0. The number of benzene rings is 1. The van der Waals surface area contributed by atoms with Crippen LogP contribution in [0.2, 0.25) is 5.02 Å². The molecule has 1 aromatic heterocycles. The number of hydrogen-bond donors (Lipinski definition) is 1. The smallest absolute Gasteiger partial charge is 0.332 e. The van der Waals surface area contributed by atoms with Crippen molar-refractivity contribution < 1.29 is 0 Å². The van der Waals surface area contributed by atoms with Gasteiger partial charge in [-0.1, -0.05) is 29.8 Å². The molecule has 7 heteroatoms. The molecule has 6 nitrogen and oxygen atoms in total. The van der Waals surface area contributed by atoms with E-state index >= 15 is 0 Å². The van der Waals surface area contributed by atoms with Crippen LogP contribution < -0.4 is 16.6 Å². The fourth-order valence-corrected chi connectivity index (χ4v) is 2.52. The highest BCUT2D eigenvalue weighted by Gasteiger charge is 2.18. The minimum Gasteiger partial charge on any atom is -0.364 e. The van der Waals surface area contributed by atoms with E-state index in [4.69, 9.17) is 11.6 Å². The molecule has 1 N–H and O–H groups in total.